The number of nitrogens with one attached hydrogen (secondary N) is 1. The molecule has 0 bridgehead atoms. The minimum Gasteiger partial charge on any atom is -0.326 e. The van der Waals surface area contributed by atoms with E-state index < -0.39 is 0 Å². The molecule has 0 radical (unpaired) electrons. The molecule has 1 aromatic rings. The number of carbonyl (C=O) groups is 1. The maximum atomic E-state index is 11.5. The van der Waals surface area contributed by atoms with Crippen LogP contribution in [0.15, 0.2) is 18.2 Å². The smallest absolute Gasteiger partial charge is 0.226 e. The van der Waals surface area contributed by atoms with Crippen molar-refractivity contribution in [2.75, 3.05) is 5.32 Å². The van der Waals surface area contributed by atoms with E-state index in [0.717, 1.165) is 12.1 Å². The lowest BCUT2D eigenvalue weighted by atomic mass is 10.1. The van der Waals surface area contributed by atoms with Gasteiger partial charge in [0, 0.05) is 11.6 Å². The molecule has 0 saturated carbocycles. The molecule has 0 unspecified atom stereocenters. The van der Waals surface area contributed by atoms with Crippen LogP contribution in [0.2, 0.25) is 0 Å². The Morgan fingerprint density at radius 1 is 1.27 bits per heavy atom. The predicted molar refractivity (Wildman–Crippen MR) is 61.9 cm³/mol. The number of hydrogen-bond acceptors (Lipinski definition) is 1. The summed E-state index contributed by atoms with van der Waals surface area (Å²) in [7, 11) is 0. The molecule has 1 aromatic carbocycles. The van der Waals surface area contributed by atoms with E-state index in [1.807, 2.05) is 19.9 Å². The van der Waals surface area contributed by atoms with Crippen molar-refractivity contribution < 1.29 is 4.79 Å². The number of amides is 1. The van der Waals surface area contributed by atoms with Gasteiger partial charge < -0.3 is 5.32 Å². The van der Waals surface area contributed by atoms with Gasteiger partial charge in [-0.3, -0.25) is 4.79 Å². The number of anilines is 1. The van der Waals surface area contributed by atoms with Crippen LogP contribution in [0.1, 0.15) is 31.4 Å². The molecule has 80 valence electrons. The number of benzene rings is 1. The van der Waals surface area contributed by atoms with Crippen LogP contribution in [0.5, 0.6) is 0 Å². The summed E-state index contributed by atoms with van der Waals surface area (Å²) in [5.41, 5.74) is 3.78. The van der Waals surface area contributed by atoms with Gasteiger partial charge in [0.2, 0.25) is 5.91 Å². The van der Waals surface area contributed by atoms with Gasteiger partial charge in [0.15, 0.2) is 0 Å². The zero-order chi connectivity index (χ0) is 10.8. The quantitative estimate of drug-likeness (QED) is 0.786. The standard InChI is InChI=1S/C13H17NO/c1-9(2)13(15)14-12-7-6-10-4-3-5-11(10)8-12/h6-9H,3-5H2,1-2H3,(H,14,15). The van der Waals surface area contributed by atoms with E-state index >= 15 is 0 Å². The minimum atomic E-state index is 0.0401. The summed E-state index contributed by atoms with van der Waals surface area (Å²) in [6.45, 7) is 3.81. The number of fused-ring (bicyclic) bond motifs is 1. The van der Waals surface area contributed by atoms with Gasteiger partial charge in [-0.2, -0.15) is 0 Å². The molecule has 15 heavy (non-hydrogen) atoms. The average Bonchev–Trinajstić information content (AvgIpc) is 2.64. The minimum absolute atomic E-state index is 0.0401. The third-order valence-electron chi connectivity index (χ3n) is 2.89. The average molecular weight is 203 g/mol. The molecule has 1 aliphatic rings. The van der Waals surface area contributed by atoms with Crippen LogP contribution in [0, 0.1) is 5.92 Å². The molecule has 2 heteroatoms. The van der Waals surface area contributed by atoms with Crippen LogP contribution in [0.3, 0.4) is 0 Å². The Morgan fingerprint density at radius 3 is 2.73 bits per heavy atom. The summed E-state index contributed by atoms with van der Waals surface area (Å²) in [6, 6.07) is 6.26. The predicted octanol–water partition coefficient (Wildman–Crippen LogP) is 2.77. The maximum Gasteiger partial charge on any atom is 0.226 e. The molecular weight excluding hydrogens is 186 g/mol. The fourth-order valence-corrected chi connectivity index (χ4v) is 1.94. The summed E-state index contributed by atoms with van der Waals surface area (Å²) < 4.78 is 0. The second-order valence-corrected chi connectivity index (χ2v) is 4.48. The van der Waals surface area contributed by atoms with Crippen molar-refractivity contribution >= 4 is 11.6 Å². The lowest BCUT2D eigenvalue weighted by molar-refractivity contribution is -0.118. The third-order valence-corrected chi connectivity index (χ3v) is 2.89. The Bertz CT molecular complexity index is 382. The largest absolute Gasteiger partial charge is 0.326 e. The van der Waals surface area contributed by atoms with Gasteiger partial charge in [-0.05, 0) is 42.5 Å². The van der Waals surface area contributed by atoms with Crippen molar-refractivity contribution in [3.63, 3.8) is 0 Å². The number of aryl methyl sites for hydroxylation is 2. The highest BCUT2D eigenvalue weighted by molar-refractivity contribution is 5.92. The maximum absolute atomic E-state index is 11.5. The second kappa shape index (κ2) is 4.05. The zero-order valence-electron chi connectivity index (χ0n) is 9.34. The Hall–Kier alpha value is -1.31. The fourth-order valence-electron chi connectivity index (χ4n) is 1.94. The van der Waals surface area contributed by atoms with Crippen LogP contribution < -0.4 is 5.32 Å². The van der Waals surface area contributed by atoms with Gasteiger partial charge in [-0.15, -0.1) is 0 Å². The number of rotatable bonds is 2. The fraction of sp³-hybridized carbons (Fsp3) is 0.462. The molecule has 0 spiro atoms. The van der Waals surface area contributed by atoms with E-state index in [1.54, 1.807) is 0 Å². The summed E-state index contributed by atoms with van der Waals surface area (Å²) >= 11 is 0. The van der Waals surface area contributed by atoms with Crippen LogP contribution >= 0.6 is 0 Å². The van der Waals surface area contributed by atoms with Crippen molar-refractivity contribution in [2.24, 2.45) is 5.92 Å². The normalized spacial score (nSPS) is 14.1. The lowest BCUT2D eigenvalue weighted by Crippen LogP contribution is -2.17. The van der Waals surface area contributed by atoms with Crippen molar-refractivity contribution in [2.45, 2.75) is 33.1 Å². The Balaban J connectivity index is 2.13. The molecular formula is C13H17NO. The molecule has 0 fully saturated rings. The molecule has 1 aliphatic carbocycles. The summed E-state index contributed by atoms with van der Waals surface area (Å²) in [5.74, 6) is 0.131. The Labute approximate surface area is 90.7 Å². The molecule has 0 aromatic heterocycles. The van der Waals surface area contributed by atoms with E-state index in [2.05, 4.69) is 17.4 Å². The van der Waals surface area contributed by atoms with E-state index in [-0.39, 0.29) is 11.8 Å². The highest BCUT2D eigenvalue weighted by Crippen LogP contribution is 2.24. The molecule has 0 heterocycles. The lowest BCUT2D eigenvalue weighted by Gasteiger charge is -2.09. The van der Waals surface area contributed by atoms with Crippen LogP contribution in [-0.4, -0.2) is 5.91 Å². The van der Waals surface area contributed by atoms with Gasteiger partial charge in [0.1, 0.15) is 0 Å². The van der Waals surface area contributed by atoms with Crippen molar-refractivity contribution in [3.8, 4) is 0 Å². The van der Waals surface area contributed by atoms with Crippen LogP contribution in [-0.2, 0) is 17.6 Å². The van der Waals surface area contributed by atoms with Crippen molar-refractivity contribution in [1.82, 2.24) is 0 Å². The first-order valence-corrected chi connectivity index (χ1v) is 5.59. The van der Waals surface area contributed by atoms with Gasteiger partial charge >= 0.3 is 0 Å². The van der Waals surface area contributed by atoms with Gasteiger partial charge in [0.25, 0.3) is 0 Å². The van der Waals surface area contributed by atoms with Crippen molar-refractivity contribution in [1.29, 1.82) is 0 Å². The highest BCUT2D eigenvalue weighted by atomic mass is 16.1. The third kappa shape index (κ3) is 2.20. The molecule has 0 aliphatic heterocycles. The monoisotopic (exact) mass is 203 g/mol. The number of hydrogen-bond donors (Lipinski definition) is 1. The topological polar surface area (TPSA) is 29.1 Å². The first kappa shape index (κ1) is 10.2. The Morgan fingerprint density at radius 2 is 2.00 bits per heavy atom. The zero-order valence-corrected chi connectivity index (χ0v) is 9.34. The van der Waals surface area contributed by atoms with E-state index in [1.165, 1.54) is 24.0 Å². The van der Waals surface area contributed by atoms with E-state index in [9.17, 15) is 4.79 Å². The molecule has 1 amide bonds. The van der Waals surface area contributed by atoms with Gasteiger partial charge in [0.05, 0.1) is 0 Å². The van der Waals surface area contributed by atoms with E-state index in [4.69, 9.17) is 0 Å². The van der Waals surface area contributed by atoms with Crippen molar-refractivity contribution in [3.05, 3.63) is 29.3 Å². The molecule has 0 atom stereocenters. The van der Waals surface area contributed by atoms with Crippen LogP contribution in [0.4, 0.5) is 5.69 Å². The molecule has 1 N–H and O–H groups in total. The SMILES string of the molecule is CC(C)C(=O)Nc1ccc2c(c1)CCC2. The first-order valence-electron chi connectivity index (χ1n) is 5.59. The first-order chi connectivity index (χ1) is 7.16. The molecule has 2 nitrogen and oxygen atoms in total. The summed E-state index contributed by atoms with van der Waals surface area (Å²) in [6.07, 6.45) is 3.59. The van der Waals surface area contributed by atoms with Crippen LogP contribution in [0.25, 0.3) is 0 Å². The van der Waals surface area contributed by atoms with Gasteiger partial charge in [-0.1, -0.05) is 19.9 Å². The molecule has 2 rings (SSSR count). The van der Waals surface area contributed by atoms with Gasteiger partial charge in [-0.25, -0.2) is 0 Å². The number of carbonyl (C=O) groups excluding carboxylic acids is 1. The van der Waals surface area contributed by atoms with E-state index in [0.29, 0.717) is 0 Å². The molecule has 0 saturated heterocycles. The highest BCUT2D eigenvalue weighted by Gasteiger charge is 2.12. The summed E-state index contributed by atoms with van der Waals surface area (Å²) in [5, 5.41) is 2.93. The summed E-state index contributed by atoms with van der Waals surface area (Å²) in [4.78, 5) is 11.5. The second-order valence-electron chi connectivity index (χ2n) is 4.48. The Kier molecular flexibility index (Phi) is 2.76.